The summed E-state index contributed by atoms with van der Waals surface area (Å²) in [5, 5.41) is 8.24. The van der Waals surface area contributed by atoms with E-state index in [-0.39, 0.29) is 11.6 Å². The molecule has 0 rings (SSSR count). The summed E-state index contributed by atoms with van der Waals surface area (Å²) in [6, 6.07) is 0. The Labute approximate surface area is 54.2 Å². The van der Waals surface area contributed by atoms with Crippen LogP contribution in [0.3, 0.4) is 0 Å². The predicted octanol–water partition coefficient (Wildman–Crippen LogP) is 0.570. The van der Waals surface area contributed by atoms with E-state index in [9.17, 15) is 4.79 Å². The molecule has 9 heavy (non-hydrogen) atoms. The van der Waals surface area contributed by atoms with Gasteiger partial charge in [0.1, 0.15) is 5.70 Å². The summed E-state index contributed by atoms with van der Waals surface area (Å²) < 4.78 is 0. The number of allylic oxidation sites excluding steroid dienone is 1. The number of hydrogen-bond acceptors (Lipinski definition) is 2. The Morgan fingerprint density at radius 1 is 1.67 bits per heavy atom. The average Bonchev–Trinajstić information content (AvgIpc) is 1.63. The highest BCUT2D eigenvalue weighted by Crippen LogP contribution is 1.96. The predicted molar refractivity (Wildman–Crippen MR) is 34.7 cm³/mol. The first-order valence-corrected chi connectivity index (χ1v) is 2.74. The normalized spacial score (nSPS) is 12.1. The molecular weight excluding hydrogens is 118 g/mol. The molecule has 0 aliphatic rings. The minimum atomic E-state index is -1.05. The second kappa shape index (κ2) is 3.12. The third-order valence-electron chi connectivity index (χ3n) is 0.760. The van der Waals surface area contributed by atoms with Gasteiger partial charge in [-0.2, -0.15) is 0 Å². The molecular formula is C6H11NO2. The van der Waals surface area contributed by atoms with Gasteiger partial charge in [-0.25, -0.2) is 4.79 Å². The summed E-state index contributed by atoms with van der Waals surface area (Å²) in [5.74, 6) is -0.857. The molecule has 0 radical (unpaired) electrons. The largest absolute Gasteiger partial charge is 0.477 e. The van der Waals surface area contributed by atoms with Crippen molar-refractivity contribution in [2.45, 2.75) is 13.8 Å². The molecule has 0 atom stereocenters. The zero-order valence-electron chi connectivity index (χ0n) is 5.59. The smallest absolute Gasteiger partial charge is 0.351 e. The molecule has 0 fully saturated rings. The Bertz CT molecular complexity index is 138. The van der Waals surface area contributed by atoms with E-state index in [0.29, 0.717) is 0 Å². The van der Waals surface area contributed by atoms with Gasteiger partial charge < -0.3 is 10.8 Å². The van der Waals surface area contributed by atoms with Crippen molar-refractivity contribution in [2.24, 2.45) is 11.7 Å². The highest BCUT2D eigenvalue weighted by molar-refractivity contribution is 5.85. The van der Waals surface area contributed by atoms with Crippen LogP contribution in [-0.4, -0.2) is 11.1 Å². The minimum absolute atomic E-state index is 0.0787. The van der Waals surface area contributed by atoms with E-state index in [1.54, 1.807) is 0 Å². The van der Waals surface area contributed by atoms with Gasteiger partial charge in [0.05, 0.1) is 0 Å². The third-order valence-corrected chi connectivity index (χ3v) is 0.760. The molecule has 3 N–H and O–H groups in total. The van der Waals surface area contributed by atoms with Gasteiger partial charge in [0.15, 0.2) is 0 Å². The van der Waals surface area contributed by atoms with Crippen LogP contribution < -0.4 is 5.73 Å². The molecule has 0 spiro atoms. The van der Waals surface area contributed by atoms with Gasteiger partial charge in [0, 0.05) is 0 Å². The van der Waals surface area contributed by atoms with Crippen LogP contribution in [0.1, 0.15) is 13.8 Å². The van der Waals surface area contributed by atoms with Gasteiger partial charge in [0.2, 0.25) is 0 Å². The van der Waals surface area contributed by atoms with Crippen LogP contribution in [0, 0.1) is 5.92 Å². The first kappa shape index (κ1) is 8.01. The number of nitrogens with two attached hydrogens (primary N) is 1. The fraction of sp³-hybridized carbons (Fsp3) is 0.500. The van der Waals surface area contributed by atoms with Crippen molar-refractivity contribution in [1.82, 2.24) is 0 Å². The van der Waals surface area contributed by atoms with Gasteiger partial charge >= 0.3 is 5.97 Å². The van der Waals surface area contributed by atoms with Crippen molar-refractivity contribution in [3.8, 4) is 0 Å². The molecule has 0 unspecified atom stereocenters. The maximum Gasteiger partial charge on any atom is 0.351 e. The lowest BCUT2D eigenvalue weighted by molar-refractivity contribution is -0.132. The zero-order valence-corrected chi connectivity index (χ0v) is 5.59. The van der Waals surface area contributed by atoms with E-state index in [1.165, 1.54) is 6.08 Å². The van der Waals surface area contributed by atoms with Crippen LogP contribution in [-0.2, 0) is 4.79 Å². The van der Waals surface area contributed by atoms with Crippen molar-refractivity contribution < 1.29 is 9.90 Å². The quantitative estimate of drug-likeness (QED) is 0.536. The number of carboxylic acids is 1. The fourth-order valence-electron chi connectivity index (χ4n) is 0.430. The molecule has 0 saturated carbocycles. The van der Waals surface area contributed by atoms with Gasteiger partial charge in [0.25, 0.3) is 0 Å². The van der Waals surface area contributed by atoms with Gasteiger partial charge in [-0.1, -0.05) is 19.9 Å². The number of rotatable bonds is 2. The van der Waals surface area contributed by atoms with Gasteiger partial charge in [-0.05, 0) is 5.92 Å². The lowest BCUT2D eigenvalue weighted by atomic mass is 10.2. The van der Waals surface area contributed by atoms with Crippen molar-refractivity contribution >= 4 is 5.97 Å². The highest BCUT2D eigenvalue weighted by atomic mass is 16.4. The Balaban J connectivity index is 4.00. The topological polar surface area (TPSA) is 63.3 Å². The van der Waals surface area contributed by atoms with Crippen LogP contribution >= 0.6 is 0 Å². The fourth-order valence-corrected chi connectivity index (χ4v) is 0.430. The molecule has 0 aliphatic heterocycles. The Kier molecular flexibility index (Phi) is 2.78. The number of aliphatic carboxylic acids is 1. The SMILES string of the molecule is CC(C)C=C(N)C(=O)O. The summed E-state index contributed by atoms with van der Waals surface area (Å²) >= 11 is 0. The van der Waals surface area contributed by atoms with E-state index >= 15 is 0 Å². The number of carbonyl (C=O) groups is 1. The molecule has 0 aromatic heterocycles. The maximum atomic E-state index is 10.0. The summed E-state index contributed by atoms with van der Waals surface area (Å²) in [5.41, 5.74) is 5.00. The van der Waals surface area contributed by atoms with Crippen LogP contribution in [0.25, 0.3) is 0 Å². The first-order chi connectivity index (χ1) is 4.04. The van der Waals surface area contributed by atoms with E-state index < -0.39 is 5.97 Å². The molecule has 3 nitrogen and oxygen atoms in total. The second-order valence-electron chi connectivity index (χ2n) is 2.17. The minimum Gasteiger partial charge on any atom is -0.477 e. The molecule has 0 amide bonds. The monoisotopic (exact) mass is 129 g/mol. The van der Waals surface area contributed by atoms with E-state index in [2.05, 4.69) is 0 Å². The molecule has 0 heterocycles. The second-order valence-corrected chi connectivity index (χ2v) is 2.17. The van der Waals surface area contributed by atoms with Crippen molar-refractivity contribution in [1.29, 1.82) is 0 Å². The molecule has 0 bridgehead atoms. The van der Waals surface area contributed by atoms with E-state index in [1.807, 2.05) is 13.8 Å². The standard InChI is InChI=1S/C6H11NO2/c1-4(2)3-5(7)6(8)9/h3-4H,7H2,1-2H3,(H,8,9). The van der Waals surface area contributed by atoms with Crippen LogP contribution in [0.4, 0.5) is 0 Å². The summed E-state index contributed by atoms with van der Waals surface area (Å²) in [6.45, 7) is 3.74. The lowest BCUT2D eigenvalue weighted by Crippen LogP contribution is -2.10. The Hall–Kier alpha value is -0.990. The zero-order chi connectivity index (χ0) is 7.44. The molecule has 0 aromatic carbocycles. The van der Waals surface area contributed by atoms with E-state index in [0.717, 1.165) is 0 Å². The Morgan fingerprint density at radius 3 is 2.22 bits per heavy atom. The number of hydrogen-bond donors (Lipinski definition) is 2. The molecule has 52 valence electrons. The summed E-state index contributed by atoms with van der Waals surface area (Å²) in [7, 11) is 0. The Morgan fingerprint density at radius 2 is 2.11 bits per heavy atom. The van der Waals surface area contributed by atoms with Crippen molar-refractivity contribution in [3.05, 3.63) is 11.8 Å². The third kappa shape index (κ3) is 3.58. The molecule has 0 aliphatic carbocycles. The maximum absolute atomic E-state index is 10.0. The van der Waals surface area contributed by atoms with Gasteiger partial charge in [-0.15, -0.1) is 0 Å². The van der Waals surface area contributed by atoms with Crippen LogP contribution in [0.5, 0.6) is 0 Å². The van der Waals surface area contributed by atoms with E-state index in [4.69, 9.17) is 10.8 Å². The van der Waals surface area contributed by atoms with Crippen molar-refractivity contribution in [3.63, 3.8) is 0 Å². The molecule has 0 aromatic rings. The number of carboxylic acid groups (broad SMARTS) is 1. The summed E-state index contributed by atoms with van der Waals surface area (Å²) in [6.07, 6.45) is 1.50. The molecule has 0 saturated heterocycles. The highest BCUT2D eigenvalue weighted by Gasteiger charge is 1.99. The lowest BCUT2D eigenvalue weighted by Gasteiger charge is -1.95. The average molecular weight is 129 g/mol. The summed E-state index contributed by atoms with van der Waals surface area (Å²) in [4.78, 5) is 10.0. The first-order valence-electron chi connectivity index (χ1n) is 2.74. The van der Waals surface area contributed by atoms with Crippen LogP contribution in [0.2, 0.25) is 0 Å². The van der Waals surface area contributed by atoms with Gasteiger partial charge in [-0.3, -0.25) is 0 Å². The van der Waals surface area contributed by atoms with Crippen LogP contribution in [0.15, 0.2) is 11.8 Å². The van der Waals surface area contributed by atoms with Crippen molar-refractivity contribution in [2.75, 3.05) is 0 Å². The molecule has 3 heteroatoms.